The summed E-state index contributed by atoms with van der Waals surface area (Å²) in [6, 6.07) is 16.2. The van der Waals surface area contributed by atoms with Gasteiger partial charge in [-0.1, -0.05) is 42.1 Å². The molecule has 0 amide bonds. The zero-order valence-electron chi connectivity index (χ0n) is 13.4. The molecular weight excluding hydrogens is 334 g/mol. The molecule has 0 fully saturated rings. The van der Waals surface area contributed by atoms with E-state index >= 15 is 0 Å². The molecule has 124 valence electrons. The summed E-state index contributed by atoms with van der Waals surface area (Å²) >= 11 is 1.69. The minimum Gasteiger partial charge on any atom is -0.486 e. The first-order valence-corrected chi connectivity index (χ1v) is 9.11. The Morgan fingerprint density at radius 3 is 2.64 bits per heavy atom. The van der Waals surface area contributed by atoms with Crippen LogP contribution in [0.5, 0.6) is 11.5 Å². The van der Waals surface area contributed by atoms with Crippen molar-refractivity contribution in [3.8, 4) is 22.8 Å². The van der Waals surface area contributed by atoms with E-state index in [9.17, 15) is 0 Å². The maximum Gasteiger partial charge on any atom is 0.189 e. The topological polar surface area (TPSA) is 48.6 Å². The molecule has 3 heterocycles. The van der Waals surface area contributed by atoms with Crippen LogP contribution in [0.25, 0.3) is 11.3 Å². The van der Waals surface area contributed by atoms with Crippen molar-refractivity contribution in [3.63, 3.8) is 0 Å². The molecule has 2 aliphatic rings. The summed E-state index contributed by atoms with van der Waals surface area (Å²) in [5.41, 5.74) is 4.10. The number of rotatable bonds is 2. The van der Waals surface area contributed by atoms with Gasteiger partial charge in [-0.05, 0) is 18.2 Å². The van der Waals surface area contributed by atoms with Crippen LogP contribution in [0.15, 0.2) is 65.0 Å². The van der Waals surface area contributed by atoms with E-state index in [2.05, 4.69) is 12.1 Å². The maximum atomic E-state index is 5.68. The molecule has 0 saturated carbocycles. The quantitative estimate of drug-likeness (QED) is 0.708. The third-order valence-electron chi connectivity index (χ3n) is 4.17. The monoisotopic (exact) mass is 349 g/mol. The van der Waals surface area contributed by atoms with Crippen molar-refractivity contribution >= 4 is 17.5 Å². The van der Waals surface area contributed by atoms with E-state index in [0.29, 0.717) is 13.2 Å². The molecule has 5 rings (SSSR count). The van der Waals surface area contributed by atoms with Gasteiger partial charge >= 0.3 is 0 Å². The predicted molar refractivity (Wildman–Crippen MR) is 97.8 cm³/mol. The van der Waals surface area contributed by atoms with Gasteiger partial charge in [0.25, 0.3) is 0 Å². The number of imidazole rings is 1. The van der Waals surface area contributed by atoms with Crippen LogP contribution in [0.3, 0.4) is 0 Å². The number of benzene rings is 2. The van der Waals surface area contributed by atoms with Gasteiger partial charge in [0.1, 0.15) is 13.2 Å². The highest BCUT2D eigenvalue weighted by Gasteiger charge is 2.19. The number of thioether (sulfide) groups is 1. The molecular formula is C19H15N3O2S. The molecule has 0 N–H and O–H groups in total. The number of hydrogen-bond donors (Lipinski definition) is 0. The average Bonchev–Trinajstić information content (AvgIpc) is 3.11. The Morgan fingerprint density at radius 2 is 1.76 bits per heavy atom. The molecule has 5 nitrogen and oxygen atoms in total. The van der Waals surface area contributed by atoms with Gasteiger partial charge in [-0.15, -0.1) is 0 Å². The smallest absolute Gasteiger partial charge is 0.189 e. The number of fused-ring (bicyclic) bond motifs is 2. The zero-order valence-corrected chi connectivity index (χ0v) is 14.2. The van der Waals surface area contributed by atoms with E-state index in [1.165, 1.54) is 0 Å². The highest BCUT2D eigenvalue weighted by molar-refractivity contribution is 7.99. The lowest BCUT2D eigenvalue weighted by Crippen LogP contribution is -2.17. The molecule has 3 aromatic rings. The van der Waals surface area contributed by atoms with Gasteiger partial charge in [0, 0.05) is 16.9 Å². The standard InChI is InChI=1S/C19H15N3O2S/c1-2-4-13(5-3-1)15-11-22-19(20-15)25-12-16(21-22)14-6-7-17-18(10-14)24-9-8-23-17/h1-7,10-11H,8-9,12H2. The molecule has 1 aromatic heterocycles. The third kappa shape index (κ3) is 2.68. The van der Waals surface area contributed by atoms with Gasteiger partial charge in [-0.25, -0.2) is 9.66 Å². The van der Waals surface area contributed by atoms with Crippen molar-refractivity contribution in [2.45, 2.75) is 5.16 Å². The molecule has 0 unspecified atom stereocenters. The van der Waals surface area contributed by atoms with Crippen LogP contribution in [0, 0.1) is 0 Å². The lowest BCUT2D eigenvalue weighted by Gasteiger charge is -2.20. The highest BCUT2D eigenvalue weighted by Crippen LogP contribution is 2.33. The largest absolute Gasteiger partial charge is 0.486 e. The molecule has 0 spiro atoms. The minimum atomic E-state index is 0.587. The average molecular weight is 349 g/mol. The van der Waals surface area contributed by atoms with Gasteiger partial charge in [0.15, 0.2) is 16.7 Å². The summed E-state index contributed by atoms with van der Waals surface area (Å²) in [7, 11) is 0. The third-order valence-corrected chi connectivity index (χ3v) is 5.12. The Labute approximate surface area is 149 Å². The SMILES string of the molecule is c1ccc(-c2cn3c(n2)SCC(c2ccc4c(c2)OCCO4)=N3)cc1. The molecule has 0 atom stereocenters. The first-order valence-electron chi connectivity index (χ1n) is 8.12. The molecule has 2 aromatic carbocycles. The Balaban J connectivity index is 1.50. The van der Waals surface area contributed by atoms with Crippen molar-refractivity contribution < 1.29 is 9.47 Å². The summed E-state index contributed by atoms with van der Waals surface area (Å²) < 4.78 is 13.1. The molecule has 2 aliphatic heterocycles. The van der Waals surface area contributed by atoms with Crippen molar-refractivity contribution in [2.75, 3.05) is 19.0 Å². The van der Waals surface area contributed by atoms with Crippen LogP contribution in [-0.2, 0) is 0 Å². The van der Waals surface area contributed by atoms with Gasteiger partial charge < -0.3 is 9.47 Å². The number of nitrogens with zero attached hydrogens (tertiary/aromatic N) is 3. The fourth-order valence-corrected chi connectivity index (χ4v) is 3.81. The second-order valence-electron chi connectivity index (χ2n) is 5.81. The van der Waals surface area contributed by atoms with E-state index < -0.39 is 0 Å². The Bertz CT molecular complexity index is 966. The lowest BCUT2D eigenvalue weighted by molar-refractivity contribution is 0.171. The molecule has 0 bridgehead atoms. The lowest BCUT2D eigenvalue weighted by atomic mass is 10.1. The van der Waals surface area contributed by atoms with Crippen molar-refractivity contribution in [1.29, 1.82) is 0 Å². The van der Waals surface area contributed by atoms with Crippen LogP contribution in [-0.4, -0.2) is 34.3 Å². The molecule has 0 radical (unpaired) electrons. The Morgan fingerprint density at radius 1 is 0.920 bits per heavy atom. The van der Waals surface area contributed by atoms with Crippen molar-refractivity contribution in [3.05, 3.63) is 60.3 Å². The van der Waals surface area contributed by atoms with Crippen molar-refractivity contribution in [1.82, 2.24) is 9.66 Å². The fourth-order valence-electron chi connectivity index (χ4n) is 2.93. The van der Waals surface area contributed by atoms with E-state index in [-0.39, 0.29) is 0 Å². The predicted octanol–water partition coefficient (Wildman–Crippen LogP) is 3.68. The van der Waals surface area contributed by atoms with Crippen LogP contribution in [0.4, 0.5) is 0 Å². The fraction of sp³-hybridized carbons (Fsp3) is 0.158. The number of ether oxygens (including phenoxy) is 2. The molecule has 0 saturated heterocycles. The summed E-state index contributed by atoms with van der Waals surface area (Å²) in [4.78, 5) is 4.69. The number of aromatic nitrogens is 2. The summed E-state index contributed by atoms with van der Waals surface area (Å²) in [5.74, 6) is 2.37. The second kappa shape index (κ2) is 5.97. The zero-order chi connectivity index (χ0) is 16.6. The Kier molecular flexibility index (Phi) is 3.48. The van der Waals surface area contributed by atoms with Gasteiger partial charge in [-0.2, -0.15) is 5.10 Å². The van der Waals surface area contributed by atoms with Crippen molar-refractivity contribution in [2.24, 2.45) is 5.10 Å². The molecule has 6 heteroatoms. The van der Waals surface area contributed by atoms with Gasteiger partial charge in [-0.3, -0.25) is 0 Å². The summed E-state index contributed by atoms with van der Waals surface area (Å²) in [5, 5.41) is 5.68. The Hall–Kier alpha value is -2.73. The first-order chi connectivity index (χ1) is 12.4. The van der Waals surface area contributed by atoms with Gasteiger partial charge in [0.05, 0.1) is 17.6 Å². The minimum absolute atomic E-state index is 0.587. The molecule has 0 aliphatic carbocycles. The van der Waals surface area contributed by atoms with E-state index in [1.807, 2.05) is 47.3 Å². The normalized spacial score (nSPS) is 15.4. The first kappa shape index (κ1) is 14.6. The van der Waals surface area contributed by atoms with Crippen LogP contribution < -0.4 is 9.47 Å². The van der Waals surface area contributed by atoms with Gasteiger partial charge in [0.2, 0.25) is 0 Å². The highest BCUT2D eigenvalue weighted by atomic mass is 32.2. The van der Waals surface area contributed by atoms with E-state index in [4.69, 9.17) is 19.6 Å². The molecule has 25 heavy (non-hydrogen) atoms. The van der Waals surface area contributed by atoms with E-state index in [0.717, 1.165) is 44.9 Å². The van der Waals surface area contributed by atoms with Crippen LogP contribution >= 0.6 is 11.8 Å². The van der Waals surface area contributed by atoms with Crippen LogP contribution in [0.1, 0.15) is 5.56 Å². The maximum absolute atomic E-state index is 5.68. The summed E-state index contributed by atoms with van der Waals surface area (Å²) in [6.45, 7) is 1.19. The second-order valence-corrected chi connectivity index (χ2v) is 6.76. The summed E-state index contributed by atoms with van der Waals surface area (Å²) in [6.07, 6.45) is 1.98. The van der Waals surface area contributed by atoms with E-state index in [1.54, 1.807) is 11.8 Å². The van der Waals surface area contributed by atoms with Crippen LogP contribution in [0.2, 0.25) is 0 Å². The number of hydrogen-bond acceptors (Lipinski definition) is 5.